The van der Waals surface area contributed by atoms with Crippen molar-refractivity contribution in [2.24, 2.45) is 5.73 Å². The van der Waals surface area contributed by atoms with Crippen molar-refractivity contribution in [3.05, 3.63) is 20.3 Å². The number of anilines is 1. The molecule has 0 saturated carbocycles. The summed E-state index contributed by atoms with van der Waals surface area (Å²) in [6.07, 6.45) is 0.896. The number of hydrogen-bond acceptors (Lipinski definition) is 4. The van der Waals surface area contributed by atoms with Crippen LogP contribution in [-0.4, -0.2) is 13.1 Å². The highest BCUT2D eigenvalue weighted by Gasteiger charge is 2.11. The molecule has 0 radical (unpaired) electrons. The van der Waals surface area contributed by atoms with Crippen LogP contribution in [0.5, 0.6) is 0 Å². The first-order valence-electron chi connectivity index (χ1n) is 3.92. The summed E-state index contributed by atoms with van der Waals surface area (Å²) in [5, 5.41) is 3.09. The van der Waals surface area contributed by atoms with Gasteiger partial charge in [-0.25, -0.2) is 0 Å². The predicted octanol–water partition coefficient (Wildman–Crippen LogP) is 0.721. The third-order valence-electron chi connectivity index (χ3n) is 1.83. The first-order valence-corrected chi connectivity index (χ1v) is 4.33. The van der Waals surface area contributed by atoms with E-state index in [4.69, 9.17) is 18.0 Å². The molecular formula is C8H12N2OS. The maximum Gasteiger partial charge on any atom is 0.203 e. The van der Waals surface area contributed by atoms with Crippen molar-refractivity contribution < 1.29 is 0 Å². The zero-order valence-electron chi connectivity index (χ0n) is 7.02. The number of nitrogens with two attached hydrogens (primary N) is 1. The van der Waals surface area contributed by atoms with Crippen LogP contribution in [0.2, 0.25) is 0 Å². The Morgan fingerprint density at radius 1 is 1.58 bits per heavy atom. The molecule has 12 heavy (non-hydrogen) atoms. The Morgan fingerprint density at radius 2 is 2.25 bits per heavy atom. The Balaban J connectivity index is 2.55. The first-order chi connectivity index (χ1) is 5.68. The van der Waals surface area contributed by atoms with E-state index in [9.17, 15) is 4.79 Å². The van der Waals surface area contributed by atoms with Gasteiger partial charge >= 0.3 is 0 Å². The van der Waals surface area contributed by atoms with E-state index in [2.05, 4.69) is 5.32 Å². The van der Waals surface area contributed by atoms with Gasteiger partial charge in [-0.05, 0) is 19.9 Å². The largest absolute Gasteiger partial charge is 0.383 e. The fourth-order valence-corrected chi connectivity index (χ4v) is 1.41. The molecule has 0 unspecified atom stereocenters. The summed E-state index contributed by atoms with van der Waals surface area (Å²) in [7, 11) is 0. The molecule has 1 rings (SSSR count). The van der Waals surface area contributed by atoms with Gasteiger partial charge in [-0.15, -0.1) is 0 Å². The van der Waals surface area contributed by atoms with Crippen molar-refractivity contribution in [2.45, 2.75) is 13.3 Å². The standard InChI is InChI=1S/C8H12N2OS/c1-5-6(8(12)7(5)11)10-4-2-3-9/h10H,2-4,9H2,1H3. The smallest absolute Gasteiger partial charge is 0.203 e. The van der Waals surface area contributed by atoms with E-state index in [1.807, 2.05) is 0 Å². The van der Waals surface area contributed by atoms with E-state index in [1.54, 1.807) is 6.92 Å². The quantitative estimate of drug-likeness (QED) is 0.535. The third kappa shape index (κ3) is 1.54. The molecule has 0 spiro atoms. The minimum absolute atomic E-state index is 0.000230. The molecule has 0 saturated heterocycles. The van der Waals surface area contributed by atoms with Gasteiger partial charge in [-0.3, -0.25) is 4.79 Å². The van der Waals surface area contributed by atoms with E-state index in [1.165, 1.54) is 0 Å². The summed E-state index contributed by atoms with van der Waals surface area (Å²) >= 11 is 4.85. The highest BCUT2D eigenvalue weighted by molar-refractivity contribution is 7.71. The maximum atomic E-state index is 10.9. The average Bonchev–Trinajstić information content (AvgIpc) is 2.11. The summed E-state index contributed by atoms with van der Waals surface area (Å²) in [6.45, 7) is 3.22. The van der Waals surface area contributed by atoms with Crippen molar-refractivity contribution in [2.75, 3.05) is 18.4 Å². The van der Waals surface area contributed by atoms with Gasteiger partial charge in [-0.2, -0.15) is 0 Å². The van der Waals surface area contributed by atoms with Crippen LogP contribution < -0.4 is 16.5 Å². The highest BCUT2D eigenvalue weighted by Crippen LogP contribution is 2.14. The molecule has 66 valence electrons. The SMILES string of the molecule is Cc1c(NCCCN)c(=S)c1=O. The summed E-state index contributed by atoms with van der Waals surface area (Å²) in [5.41, 5.74) is 6.90. The molecule has 0 fully saturated rings. The van der Waals surface area contributed by atoms with Crippen molar-refractivity contribution in [1.29, 1.82) is 0 Å². The maximum absolute atomic E-state index is 10.9. The molecular weight excluding hydrogens is 172 g/mol. The lowest BCUT2D eigenvalue weighted by atomic mass is 10.1. The second-order valence-corrected chi connectivity index (χ2v) is 3.14. The van der Waals surface area contributed by atoms with Crippen LogP contribution in [0.15, 0.2) is 4.79 Å². The summed E-state index contributed by atoms with van der Waals surface area (Å²) < 4.78 is 0.435. The zero-order valence-corrected chi connectivity index (χ0v) is 7.83. The Bertz CT molecular complexity index is 339. The lowest BCUT2D eigenvalue weighted by molar-refractivity contribution is 0.871. The molecule has 0 aliphatic heterocycles. The average molecular weight is 184 g/mol. The molecule has 3 N–H and O–H groups in total. The van der Waals surface area contributed by atoms with Gasteiger partial charge < -0.3 is 11.1 Å². The minimum atomic E-state index is 0.000230. The zero-order chi connectivity index (χ0) is 9.14. The normalized spacial score (nSPS) is 10.5. The molecule has 0 aliphatic rings. The molecule has 4 heteroatoms. The van der Waals surface area contributed by atoms with Gasteiger partial charge in [0, 0.05) is 12.1 Å². The van der Waals surface area contributed by atoms with Crippen molar-refractivity contribution >= 4 is 17.9 Å². The first kappa shape index (κ1) is 9.35. The van der Waals surface area contributed by atoms with Gasteiger partial charge in [-0.1, -0.05) is 12.2 Å². The molecule has 0 aromatic heterocycles. The van der Waals surface area contributed by atoms with Gasteiger partial charge in [0.2, 0.25) is 5.43 Å². The Morgan fingerprint density at radius 3 is 2.75 bits per heavy atom. The van der Waals surface area contributed by atoms with Crippen LogP contribution in [0.4, 0.5) is 5.69 Å². The van der Waals surface area contributed by atoms with Crippen LogP contribution in [0.3, 0.4) is 0 Å². The predicted molar refractivity (Wildman–Crippen MR) is 52.8 cm³/mol. The third-order valence-corrected chi connectivity index (χ3v) is 2.22. The molecule has 0 atom stereocenters. The van der Waals surface area contributed by atoms with E-state index >= 15 is 0 Å². The lowest BCUT2D eigenvalue weighted by Crippen LogP contribution is -2.20. The molecule has 1 aromatic rings. The number of rotatable bonds is 4. The molecule has 1 aromatic carbocycles. The lowest BCUT2D eigenvalue weighted by Gasteiger charge is -2.10. The van der Waals surface area contributed by atoms with Crippen LogP contribution in [0, 0.1) is 11.4 Å². The van der Waals surface area contributed by atoms with Gasteiger partial charge in [0.25, 0.3) is 0 Å². The summed E-state index contributed by atoms with van der Waals surface area (Å²) in [4.78, 5) is 10.9. The second-order valence-electron chi connectivity index (χ2n) is 2.73. The van der Waals surface area contributed by atoms with Gasteiger partial charge in [0.05, 0.1) is 5.69 Å². The Hall–Kier alpha value is -0.740. The van der Waals surface area contributed by atoms with Crippen molar-refractivity contribution in [3.63, 3.8) is 0 Å². The summed E-state index contributed by atoms with van der Waals surface area (Å²) in [5.74, 6) is 0. The van der Waals surface area contributed by atoms with Crippen molar-refractivity contribution in [3.8, 4) is 0 Å². The second kappa shape index (κ2) is 3.78. The molecule has 3 nitrogen and oxygen atoms in total. The molecule has 0 amide bonds. The van der Waals surface area contributed by atoms with Gasteiger partial charge in [0.15, 0.2) is 0 Å². The van der Waals surface area contributed by atoms with Gasteiger partial charge in [0.1, 0.15) is 4.51 Å². The minimum Gasteiger partial charge on any atom is -0.383 e. The number of nitrogens with one attached hydrogen (secondary N) is 1. The van der Waals surface area contributed by atoms with Crippen LogP contribution in [-0.2, 0) is 0 Å². The molecule has 0 aliphatic carbocycles. The van der Waals surface area contributed by atoms with E-state index in [0.717, 1.165) is 24.2 Å². The van der Waals surface area contributed by atoms with E-state index in [-0.39, 0.29) is 5.43 Å². The van der Waals surface area contributed by atoms with Crippen molar-refractivity contribution in [1.82, 2.24) is 0 Å². The Kier molecular flexibility index (Phi) is 2.94. The van der Waals surface area contributed by atoms with Crippen LogP contribution in [0.1, 0.15) is 12.0 Å². The van der Waals surface area contributed by atoms with E-state index in [0.29, 0.717) is 11.1 Å². The topological polar surface area (TPSA) is 55.1 Å². The van der Waals surface area contributed by atoms with E-state index < -0.39 is 0 Å². The monoisotopic (exact) mass is 184 g/mol. The molecule has 0 heterocycles. The highest BCUT2D eigenvalue weighted by atomic mass is 32.1. The molecule has 0 bridgehead atoms. The van der Waals surface area contributed by atoms with Crippen LogP contribution >= 0.6 is 12.2 Å². The Labute approximate surface area is 76.3 Å². The fourth-order valence-electron chi connectivity index (χ4n) is 1.03. The number of hydrogen-bond donors (Lipinski definition) is 2. The van der Waals surface area contributed by atoms with Crippen LogP contribution in [0.25, 0.3) is 0 Å². The fraction of sp³-hybridized carbons (Fsp3) is 0.500. The summed E-state index contributed by atoms with van der Waals surface area (Å²) in [6, 6.07) is 0.